The smallest absolute Gasteiger partial charge is 0.230 e. The van der Waals surface area contributed by atoms with Crippen LogP contribution in [-0.4, -0.2) is 59.2 Å². The molecule has 144 valence electrons. The van der Waals surface area contributed by atoms with Crippen molar-refractivity contribution in [1.29, 1.82) is 5.41 Å². The van der Waals surface area contributed by atoms with Crippen LogP contribution in [0, 0.1) is 5.41 Å². The fourth-order valence-electron chi connectivity index (χ4n) is 2.49. The van der Waals surface area contributed by atoms with Crippen LogP contribution in [0.25, 0.3) is 0 Å². The lowest BCUT2D eigenvalue weighted by Crippen LogP contribution is -2.48. The lowest BCUT2D eigenvalue weighted by Gasteiger charge is -2.33. The van der Waals surface area contributed by atoms with Crippen molar-refractivity contribution in [2.24, 2.45) is 0 Å². The van der Waals surface area contributed by atoms with Crippen LogP contribution >= 0.6 is 46.7 Å². The maximum Gasteiger partial charge on any atom is 0.230 e. The summed E-state index contributed by atoms with van der Waals surface area (Å²) in [7, 11) is 0. The number of benzene rings is 1. The molecule has 1 unspecified atom stereocenters. The van der Waals surface area contributed by atoms with E-state index in [2.05, 4.69) is 16.0 Å². The first-order chi connectivity index (χ1) is 12.5. The summed E-state index contributed by atoms with van der Waals surface area (Å²) >= 11 is 14.6. The van der Waals surface area contributed by atoms with Crippen molar-refractivity contribution in [3.63, 3.8) is 0 Å². The highest BCUT2D eigenvalue weighted by molar-refractivity contribution is 8.38. The zero-order valence-corrected chi connectivity index (χ0v) is 17.4. The van der Waals surface area contributed by atoms with Crippen LogP contribution in [-0.2, 0) is 16.1 Å². The average molecular weight is 438 g/mol. The van der Waals surface area contributed by atoms with Gasteiger partial charge in [0.1, 0.15) is 10.3 Å². The summed E-state index contributed by atoms with van der Waals surface area (Å²) < 4.78 is 6.15. The van der Waals surface area contributed by atoms with Gasteiger partial charge in [0, 0.05) is 26.2 Å². The molecular formula is C16H23Cl2N4O2S2+. The molecular weight excluding hydrogens is 415 g/mol. The molecule has 0 aromatic heterocycles. The van der Waals surface area contributed by atoms with E-state index in [1.54, 1.807) is 6.07 Å². The van der Waals surface area contributed by atoms with Crippen molar-refractivity contribution in [1.82, 2.24) is 10.2 Å². The lowest BCUT2D eigenvalue weighted by molar-refractivity contribution is -0.338. The standard InChI is InChI=1S/C16H22Cl2N4O2S2/c17-13-2-1-11(5-14(13)18)7-22-3-4-24-12(8-22)6-21-15(23)9-25-16(20)26-10-19/h1-2,5,12,20H,3-4,6-10,19H2,(H,21,23)/p+1. The molecule has 0 spiro atoms. The Morgan fingerprint density at radius 2 is 2.19 bits per heavy atom. The quantitative estimate of drug-likeness (QED) is 0.344. The molecule has 1 aromatic carbocycles. The number of quaternary nitrogens is 1. The van der Waals surface area contributed by atoms with E-state index in [4.69, 9.17) is 33.3 Å². The molecule has 5 N–H and O–H groups in total. The topological polar surface area (TPSA) is 93.1 Å². The molecule has 1 atom stereocenters. The molecule has 26 heavy (non-hydrogen) atoms. The SMILES string of the molecule is N=C(SC[NH3+])SCC(=O)NCC1CN(Cc2ccc(Cl)c(Cl)c2)CCO1. The molecule has 10 heteroatoms. The van der Waals surface area contributed by atoms with E-state index >= 15 is 0 Å². The first kappa shape index (κ1) is 21.8. The van der Waals surface area contributed by atoms with Gasteiger partial charge >= 0.3 is 0 Å². The van der Waals surface area contributed by atoms with E-state index in [1.807, 2.05) is 12.1 Å². The van der Waals surface area contributed by atoms with Crippen molar-refractivity contribution < 1.29 is 15.3 Å². The number of carbonyl (C=O) groups excluding carboxylic acids is 1. The van der Waals surface area contributed by atoms with Crippen molar-refractivity contribution in [2.75, 3.05) is 37.9 Å². The predicted octanol–water partition coefficient (Wildman–Crippen LogP) is 1.91. The fourth-order valence-corrected chi connectivity index (χ4v) is 4.12. The summed E-state index contributed by atoms with van der Waals surface area (Å²) in [6.45, 7) is 3.43. The Morgan fingerprint density at radius 1 is 1.38 bits per heavy atom. The molecule has 2 rings (SSSR count). The highest BCUT2D eigenvalue weighted by Gasteiger charge is 2.21. The molecule has 1 aliphatic heterocycles. The molecule has 1 aromatic rings. The van der Waals surface area contributed by atoms with Crippen molar-refractivity contribution in [3.05, 3.63) is 33.8 Å². The van der Waals surface area contributed by atoms with Gasteiger partial charge in [0.2, 0.25) is 5.91 Å². The molecule has 1 fully saturated rings. The first-order valence-electron chi connectivity index (χ1n) is 8.16. The van der Waals surface area contributed by atoms with Gasteiger partial charge in [-0.1, -0.05) is 41.0 Å². The summed E-state index contributed by atoms with van der Waals surface area (Å²) in [6.07, 6.45) is -0.0471. The van der Waals surface area contributed by atoms with Crippen LogP contribution in [0.3, 0.4) is 0 Å². The van der Waals surface area contributed by atoms with Crippen molar-refractivity contribution in [3.8, 4) is 0 Å². The average Bonchev–Trinajstić information content (AvgIpc) is 2.62. The summed E-state index contributed by atoms with van der Waals surface area (Å²) in [4.78, 5) is 14.2. The van der Waals surface area contributed by atoms with Crippen LogP contribution < -0.4 is 11.1 Å². The summed E-state index contributed by atoms with van der Waals surface area (Å²) in [5.74, 6) is 0.749. The minimum atomic E-state index is -0.0883. The second kappa shape index (κ2) is 11.4. The number of halogens is 2. The van der Waals surface area contributed by atoms with Gasteiger partial charge in [-0.25, -0.2) is 0 Å². The van der Waals surface area contributed by atoms with Gasteiger partial charge in [0.15, 0.2) is 0 Å². The van der Waals surface area contributed by atoms with E-state index in [9.17, 15) is 4.79 Å². The molecule has 6 nitrogen and oxygen atoms in total. The number of morpholine rings is 1. The Balaban J connectivity index is 1.73. The van der Waals surface area contributed by atoms with E-state index < -0.39 is 0 Å². The second-order valence-electron chi connectivity index (χ2n) is 5.71. The molecule has 1 heterocycles. The predicted molar refractivity (Wildman–Crippen MR) is 110 cm³/mol. The second-order valence-corrected chi connectivity index (χ2v) is 8.87. The van der Waals surface area contributed by atoms with E-state index in [1.165, 1.54) is 23.5 Å². The van der Waals surface area contributed by atoms with E-state index in [-0.39, 0.29) is 17.8 Å². The van der Waals surface area contributed by atoms with Crippen LogP contribution in [0.1, 0.15) is 5.56 Å². The number of nitrogens with zero attached hydrogens (tertiary/aromatic N) is 1. The molecule has 0 aliphatic carbocycles. The third-order valence-corrected chi connectivity index (χ3v) is 6.29. The Hall–Kier alpha value is -0.480. The van der Waals surface area contributed by atoms with E-state index in [0.29, 0.717) is 33.4 Å². The number of ether oxygens (including phenoxy) is 1. The van der Waals surface area contributed by atoms with Crippen molar-refractivity contribution in [2.45, 2.75) is 12.6 Å². The molecule has 1 saturated heterocycles. The third-order valence-electron chi connectivity index (χ3n) is 3.71. The van der Waals surface area contributed by atoms with E-state index in [0.717, 1.165) is 25.2 Å². The van der Waals surface area contributed by atoms with Crippen LogP contribution in [0.15, 0.2) is 18.2 Å². The number of hydrogen-bond acceptors (Lipinski definition) is 6. The molecule has 0 radical (unpaired) electrons. The zero-order chi connectivity index (χ0) is 18.9. The van der Waals surface area contributed by atoms with Crippen LogP contribution in [0.4, 0.5) is 0 Å². The summed E-state index contributed by atoms with van der Waals surface area (Å²) in [6, 6.07) is 5.65. The normalized spacial score (nSPS) is 17.9. The van der Waals surface area contributed by atoms with Crippen LogP contribution in [0.2, 0.25) is 10.0 Å². The summed E-state index contributed by atoms with van der Waals surface area (Å²) in [5, 5.41) is 11.6. The molecule has 0 saturated carbocycles. The van der Waals surface area contributed by atoms with Gasteiger partial charge < -0.3 is 15.8 Å². The number of thioether (sulfide) groups is 2. The Labute approximate surface area is 172 Å². The Kier molecular flexibility index (Phi) is 9.55. The van der Waals surface area contributed by atoms with Gasteiger partial charge in [0.25, 0.3) is 0 Å². The number of carbonyl (C=O) groups is 1. The van der Waals surface area contributed by atoms with Gasteiger partial charge in [0.05, 0.1) is 28.5 Å². The van der Waals surface area contributed by atoms with Gasteiger partial charge in [-0.3, -0.25) is 15.1 Å². The number of amides is 1. The lowest BCUT2D eigenvalue weighted by atomic mass is 10.2. The summed E-state index contributed by atoms with van der Waals surface area (Å²) in [5.41, 5.74) is 4.77. The largest absolute Gasteiger partial charge is 0.374 e. The monoisotopic (exact) mass is 437 g/mol. The molecule has 1 amide bonds. The van der Waals surface area contributed by atoms with Gasteiger partial charge in [-0.15, -0.1) is 0 Å². The minimum absolute atomic E-state index is 0.0471. The number of rotatable bonds is 7. The van der Waals surface area contributed by atoms with Gasteiger partial charge in [-0.05, 0) is 29.5 Å². The Morgan fingerprint density at radius 3 is 2.92 bits per heavy atom. The minimum Gasteiger partial charge on any atom is -0.374 e. The zero-order valence-electron chi connectivity index (χ0n) is 14.3. The van der Waals surface area contributed by atoms with Gasteiger partial charge in [-0.2, -0.15) is 0 Å². The maximum absolute atomic E-state index is 11.9. The third kappa shape index (κ3) is 7.64. The van der Waals surface area contributed by atoms with Crippen molar-refractivity contribution >= 4 is 57.0 Å². The fraction of sp³-hybridized carbons (Fsp3) is 0.500. The molecule has 1 aliphatic rings. The first-order valence-corrected chi connectivity index (χ1v) is 10.9. The maximum atomic E-state index is 11.9. The highest BCUT2D eigenvalue weighted by atomic mass is 35.5. The number of hydrogen-bond donors (Lipinski definition) is 3. The molecule has 0 bridgehead atoms. The highest BCUT2D eigenvalue weighted by Crippen LogP contribution is 2.23. The van der Waals surface area contributed by atoms with Crippen LogP contribution in [0.5, 0.6) is 0 Å². The Bertz CT molecular complexity index is 636. The number of nitrogens with one attached hydrogen (secondary N) is 2.